The molecule has 0 saturated heterocycles. The van der Waals surface area contributed by atoms with Gasteiger partial charge in [0, 0.05) is 30.1 Å². The lowest BCUT2D eigenvalue weighted by molar-refractivity contribution is -0.533. The molecule has 0 aromatic heterocycles. The highest BCUT2D eigenvalue weighted by Gasteiger charge is 2.33. The molecule has 1 rings (SSSR count). The number of nitro groups is 1. The molecule has 0 amide bonds. The van der Waals surface area contributed by atoms with Crippen molar-refractivity contribution in [3.63, 3.8) is 0 Å². The summed E-state index contributed by atoms with van der Waals surface area (Å²) in [6, 6.07) is -0.510. The first-order chi connectivity index (χ1) is 6.15. The topological polar surface area (TPSA) is 60.2 Å². The summed E-state index contributed by atoms with van der Waals surface area (Å²) in [5.74, 6) is 0.179. The molecule has 4 heteroatoms. The van der Waals surface area contributed by atoms with E-state index >= 15 is 0 Å². The molecule has 1 saturated carbocycles. The molecule has 1 aliphatic rings. The highest BCUT2D eigenvalue weighted by atomic mass is 16.6. The summed E-state index contributed by atoms with van der Waals surface area (Å²) in [5.41, 5.74) is 0. The Morgan fingerprint density at radius 3 is 2.85 bits per heavy atom. The summed E-state index contributed by atoms with van der Waals surface area (Å²) in [5, 5.41) is 10.6. The van der Waals surface area contributed by atoms with E-state index in [1.807, 2.05) is 6.92 Å². The predicted molar refractivity (Wildman–Crippen MR) is 48.0 cm³/mol. The smallest absolute Gasteiger partial charge is 0.216 e. The Morgan fingerprint density at radius 2 is 2.38 bits per heavy atom. The van der Waals surface area contributed by atoms with E-state index < -0.39 is 6.04 Å². The van der Waals surface area contributed by atoms with Gasteiger partial charge < -0.3 is 0 Å². The first-order valence-corrected chi connectivity index (χ1v) is 4.80. The molecular weight excluding hydrogens is 170 g/mol. The Labute approximate surface area is 77.5 Å². The van der Waals surface area contributed by atoms with E-state index in [1.54, 1.807) is 0 Å². The standard InChI is InChI=1S/C9H15NO3/c1-2-9(10(12)13)7-4-3-5-8(11)6-7/h7,9H,2-6H2,1H3/t7-,9-/m1/s1. The fraction of sp³-hybridized carbons (Fsp3) is 0.889. The van der Waals surface area contributed by atoms with Crippen LogP contribution < -0.4 is 0 Å². The number of nitrogens with zero attached hydrogens (tertiary/aromatic N) is 1. The van der Waals surface area contributed by atoms with E-state index in [0.29, 0.717) is 19.3 Å². The SMILES string of the molecule is CC[C@H]([C@@H]1CCCC(=O)C1)[N+](=O)[O-]. The van der Waals surface area contributed by atoms with Gasteiger partial charge in [0.05, 0.1) is 0 Å². The lowest BCUT2D eigenvalue weighted by Crippen LogP contribution is -2.32. The van der Waals surface area contributed by atoms with Crippen LogP contribution in [-0.2, 0) is 4.79 Å². The molecule has 0 aliphatic heterocycles. The van der Waals surface area contributed by atoms with Crippen LogP contribution in [-0.4, -0.2) is 16.7 Å². The molecule has 1 aliphatic carbocycles. The number of hydrogen-bond donors (Lipinski definition) is 0. The van der Waals surface area contributed by atoms with Crippen LogP contribution in [0.1, 0.15) is 39.0 Å². The summed E-state index contributed by atoms with van der Waals surface area (Å²) in [7, 11) is 0. The molecule has 0 N–H and O–H groups in total. The van der Waals surface area contributed by atoms with Crippen LogP contribution >= 0.6 is 0 Å². The van der Waals surface area contributed by atoms with E-state index in [4.69, 9.17) is 0 Å². The zero-order chi connectivity index (χ0) is 9.84. The minimum Gasteiger partial charge on any atom is -0.300 e. The quantitative estimate of drug-likeness (QED) is 0.497. The van der Waals surface area contributed by atoms with Gasteiger partial charge in [-0.05, 0) is 12.8 Å². The normalized spacial score (nSPS) is 25.6. The molecular formula is C9H15NO3. The fourth-order valence-electron chi connectivity index (χ4n) is 2.04. The van der Waals surface area contributed by atoms with Crippen molar-refractivity contribution in [3.8, 4) is 0 Å². The van der Waals surface area contributed by atoms with E-state index in [1.165, 1.54) is 0 Å². The van der Waals surface area contributed by atoms with Crippen LogP contribution in [0.2, 0.25) is 0 Å². The summed E-state index contributed by atoms with van der Waals surface area (Å²) in [4.78, 5) is 21.5. The molecule has 0 aromatic carbocycles. The Kier molecular flexibility index (Phi) is 3.39. The van der Waals surface area contributed by atoms with Gasteiger partial charge in [-0.1, -0.05) is 6.92 Å². The third kappa shape index (κ3) is 2.50. The molecule has 1 fully saturated rings. The average Bonchev–Trinajstić information content (AvgIpc) is 2.04. The summed E-state index contributed by atoms with van der Waals surface area (Å²) >= 11 is 0. The largest absolute Gasteiger partial charge is 0.300 e. The van der Waals surface area contributed by atoms with Gasteiger partial charge in [-0.15, -0.1) is 0 Å². The highest BCUT2D eigenvalue weighted by Crippen LogP contribution is 2.27. The number of hydrogen-bond acceptors (Lipinski definition) is 3. The maximum Gasteiger partial charge on any atom is 0.216 e. The average molecular weight is 185 g/mol. The summed E-state index contributed by atoms with van der Waals surface area (Å²) in [6.45, 7) is 1.81. The maximum absolute atomic E-state index is 11.1. The van der Waals surface area contributed by atoms with Gasteiger partial charge in [0.1, 0.15) is 5.78 Å². The first kappa shape index (κ1) is 10.2. The first-order valence-electron chi connectivity index (χ1n) is 4.80. The monoisotopic (exact) mass is 185 g/mol. The molecule has 0 radical (unpaired) electrons. The second-order valence-corrected chi connectivity index (χ2v) is 3.66. The highest BCUT2D eigenvalue weighted by molar-refractivity contribution is 5.79. The molecule has 74 valence electrons. The van der Waals surface area contributed by atoms with Crippen molar-refractivity contribution in [1.82, 2.24) is 0 Å². The van der Waals surface area contributed by atoms with Crippen molar-refractivity contribution in [2.75, 3.05) is 0 Å². The van der Waals surface area contributed by atoms with Crippen LogP contribution in [0, 0.1) is 16.0 Å². The molecule has 0 spiro atoms. The number of carbonyl (C=O) groups excluding carboxylic acids is 1. The third-order valence-electron chi connectivity index (χ3n) is 2.75. The van der Waals surface area contributed by atoms with Crippen molar-refractivity contribution in [2.24, 2.45) is 5.92 Å². The van der Waals surface area contributed by atoms with Crippen molar-refractivity contribution in [1.29, 1.82) is 0 Å². The van der Waals surface area contributed by atoms with Crippen LogP contribution in [0.5, 0.6) is 0 Å². The van der Waals surface area contributed by atoms with Gasteiger partial charge >= 0.3 is 0 Å². The van der Waals surface area contributed by atoms with Gasteiger partial charge in [-0.2, -0.15) is 0 Å². The van der Waals surface area contributed by atoms with Crippen molar-refractivity contribution in [3.05, 3.63) is 10.1 Å². The van der Waals surface area contributed by atoms with Crippen LogP contribution in [0.15, 0.2) is 0 Å². The minimum atomic E-state index is -0.510. The van der Waals surface area contributed by atoms with E-state index in [2.05, 4.69) is 0 Å². The van der Waals surface area contributed by atoms with E-state index in [9.17, 15) is 14.9 Å². The minimum absolute atomic E-state index is 0.0127. The second-order valence-electron chi connectivity index (χ2n) is 3.66. The van der Waals surface area contributed by atoms with Crippen LogP contribution in [0.25, 0.3) is 0 Å². The molecule has 2 atom stereocenters. The maximum atomic E-state index is 11.1. The molecule has 0 heterocycles. The molecule has 13 heavy (non-hydrogen) atoms. The lowest BCUT2D eigenvalue weighted by Gasteiger charge is -2.22. The van der Waals surface area contributed by atoms with Crippen LogP contribution in [0.4, 0.5) is 0 Å². The van der Waals surface area contributed by atoms with Gasteiger partial charge in [0.2, 0.25) is 6.04 Å². The number of ketones is 1. The van der Waals surface area contributed by atoms with Gasteiger partial charge in [-0.25, -0.2) is 0 Å². The lowest BCUT2D eigenvalue weighted by atomic mass is 9.82. The molecule has 0 aromatic rings. The van der Waals surface area contributed by atoms with Gasteiger partial charge in [-0.3, -0.25) is 14.9 Å². The Bertz CT molecular complexity index is 215. The Balaban J connectivity index is 2.57. The van der Waals surface area contributed by atoms with E-state index in [0.717, 1.165) is 12.8 Å². The van der Waals surface area contributed by atoms with Gasteiger partial charge in [0.25, 0.3) is 0 Å². The predicted octanol–water partition coefficient (Wildman–Crippen LogP) is 1.80. The number of Topliss-reactive ketones (excluding diaryl/α,β-unsaturated/α-hetero) is 1. The fourth-order valence-corrected chi connectivity index (χ4v) is 2.04. The van der Waals surface area contributed by atoms with Gasteiger partial charge in [0.15, 0.2) is 0 Å². The molecule has 0 bridgehead atoms. The zero-order valence-corrected chi connectivity index (χ0v) is 7.86. The van der Waals surface area contributed by atoms with Crippen LogP contribution in [0.3, 0.4) is 0 Å². The number of rotatable bonds is 3. The zero-order valence-electron chi connectivity index (χ0n) is 7.86. The summed E-state index contributed by atoms with van der Waals surface area (Å²) < 4.78 is 0. The molecule has 4 nitrogen and oxygen atoms in total. The van der Waals surface area contributed by atoms with Crippen molar-refractivity contribution < 1.29 is 9.72 Å². The number of carbonyl (C=O) groups is 1. The Morgan fingerprint density at radius 1 is 1.69 bits per heavy atom. The molecule has 0 unspecified atom stereocenters. The van der Waals surface area contributed by atoms with E-state index in [-0.39, 0.29) is 16.6 Å². The Hall–Kier alpha value is -0.930. The summed E-state index contributed by atoms with van der Waals surface area (Å²) in [6.07, 6.45) is 3.23. The van der Waals surface area contributed by atoms with Crippen molar-refractivity contribution in [2.45, 2.75) is 45.1 Å². The second kappa shape index (κ2) is 4.35. The van der Waals surface area contributed by atoms with Crippen molar-refractivity contribution >= 4 is 5.78 Å². The third-order valence-corrected chi connectivity index (χ3v) is 2.75.